The number of nitrogens with zero attached hydrogens (tertiary/aromatic N) is 2. The number of rotatable bonds is 8. The largest absolute Gasteiger partial charge is 0.493 e. The first-order valence-corrected chi connectivity index (χ1v) is 13.7. The minimum Gasteiger partial charge on any atom is -0.493 e. The number of thioether (sulfide) groups is 1. The van der Waals surface area contributed by atoms with Crippen molar-refractivity contribution in [3.63, 3.8) is 0 Å². The second kappa shape index (κ2) is 10.1. The SMILES string of the molecule is COc1cc2c(c(OC)c1OC)C(C)(C)C(Sc1ccccc1)CN2S(=O)(=O)c1ccccc1[N+](=O)[O-]. The molecule has 3 aromatic carbocycles. The van der Waals surface area contributed by atoms with Gasteiger partial charge in [-0.2, -0.15) is 0 Å². The molecule has 0 radical (unpaired) electrons. The Bertz CT molecular complexity index is 1430. The molecule has 37 heavy (non-hydrogen) atoms. The van der Waals surface area contributed by atoms with E-state index in [1.54, 1.807) is 6.07 Å². The Morgan fingerprint density at radius 2 is 1.59 bits per heavy atom. The topological polar surface area (TPSA) is 108 Å². The fraction of sp³-hybridized carbons (Fsp3) is 0.308. The number of fused-ring (bicyclic) bond motifs is 1. The molecule has 3 aromatic rings. The van der Waals surface area contributed by atoms with E-state index in [9.17, 15) is 18.5 Å². The van der Waals surface area contributed by atoms with Crippen LogP contribution in [0.15, 0.2) is 70.5 Å². The van der Waals surface area contributed by atoms with Gasteiger partial charge in [-0.05, 0) is 18.2 Å². The summed E-state index contributed by atoms with van der Waals surface area (Å²) < 4.78 is 46.4. The van der Waals surface area contributed by atoms with Crippen molar-refractivity contribution < 1.29 is 27.6 Å². The van der Waals surface area contributed by atoms with E-state index >= 15 is 0 Å². The van der Waals surface area contributed by atoms with E-state index in [4.69, 9.17) is 14.2 Å². The molecular formula is C26H28N2O7S2. The Labute approximate surface area is 220 Å². The highest BCUT2D eigenvalue weighted by molar-refractivity contribution is 8.00. The summed E-state index contributed by atoms with van der Waals surface area (Å²) in [5.74, 6) is 0.971. The third kappa shape index (κ3) is 4.57. The quantitative estimate of drug-likeness (QED) is 0.279. The Morgan fingerprint density at radius 3 is 2.19 bits per heavy atom. The van der Waals surface area contributed by atoms with Crippen molar-refractivity contribution in [3.05, 3.63) is 76.3 Å². The fourth-order valence-electron chi connectivity index (χ4n) is 4.62. The lowest BCUT2D eigenvalue weighted by molar-refractivity contribution is -0.387. The molecule has 11 heteroatoms. The Hall–Kier alpha value is -3.44. The van der Waals surface area contributed by atoms with Crippen molar-refractivity contribution in [1.82, 2.24) is 0 Å². The summed E-state index contributed by atoms with van der Waals surface area (Å²) >= 11 is 1.54. The predicted octanol–water partition coefficient (Wildman–Crippen LogP) is 5.27. The third-order valence-electron chi connectivity index (χ3n) is 6.51. The van der Waals surface area contributed by atoms with Crippen molar-refractivity contribution >= 4 is 33.2 Å². The first-order chi connectivity index (χ1) is 17.6. The maximum atomic E-state index is 14.1. The molecule has 0 N–H and O–H groups in total. The lowest BCUT2D eigenvalue weighted by Gasteiger charge is -2.45. The molecule has 1 atom stereocenters. The van der Waals surface area contributed by atoms with Crippen LogP contribution in [0.3, 0.4) is 0 Å². The van der Waals surface area contributed by atoms with Crippen molar-refractivity contribution in [2.24, 2.45) is 0 Å². The van der Waals surface area contributed by atoms with Gasteiger partial charge in [0.2, 0.25) is 5.75 Å². The smallest absolute Gasteiger partial charge is 0.289 e. The second-order valence-corrected chi connectivity index (χ2v) is 12.0. The maximum Gasteiger partial charge on any atom is 0.289 e. The van der Waals surface area contributed by atoms with Gasteiger partial charge in [0.1, 0.15) is 0 Å². The van der Waals surface area contributed by atoms with Crippen LogP contribution in [-0.4, -0.2) is 46.5 Å². The van der Waals surface area contributed by atoms with Crippen molar-refractivity contribution in [3.8, 4) is 17.2 Å². The fourth-order valence-corrected chi connectivity index (χ4v) is 7.64. The Kier molecular flexibility index (Phi) is 7.29. The van der Waals surface area contributed by atoms with Crippen LogP contribution in [0.5, 0.6) is 17.2 Å². The number of sulfonamides is 1. The monoisotopic (exact) mass is 544 g/mol. The van der Waals surface area contributed by atoms with Gasteiger partial charge in [0.15, 0.2) is 16.4 Å². The molecule has 0 aliphatic carbocycles. The third-order valence-corrected chi connectivity index (χ3v) is 9.90. The Morgan fingerprint density at radius 1 is 0.973 bits per heavy atom. The molecule has 1 aliphatic heterocycles. The van der Waals surface area contributed by atoms with Gasteiger partial charge in [-0.3, -0.25) is 14.4 Å². The summed E-state index contributed by atoms with van der Waals surface area (Å²) in [6, 6.07) is 16.6. The first-order valence-electron chi connectivity index (χ1n) is 11.4. The average molecular weight is 545 g/mol. The van der Waals surface area contributed by atoms with Gasteiger partial charge in [0, 0.05) is 39.8 Å². The minimum absolute atomic E-state index is 0.0621. The number of nitro groups is 1. The van der Waals surface area contributed by atoms with E-state index in [-0.39, 0.29) is 22.4 Å². The summed E-state index contributed by atoms with van der Waals surface area (Å²) in [6.07, 6.45) is 0. The summed E-state index contributed by atoms with van der Waals surface area (Å²) in [5, 5.41) is 11.5. The van der Waals surface area contributed by atoms with Crippen LogP contribution in [0.25, 0.3) is 0 Å². The number of nitro benzene ring substituents is 1. The molecule has 4 rings (SSSR count). The molecule has 0 aromatic heterocycles. The highest BCUT2D eigenvalue weighted by atomic mass is 32.2. The number of hydrogen-bond donors (Lipinski definition) is 0. The molecule has 0 fully saturated rings. The normalized spacial score (nSPS) is 16.6. The van der Waals surface area contributed by atoms with Crippen LogP contribution in [-0.2, 0) is 15.4 Å². The van der Waals surface area contributed by atoms with Gasteiger partial charge in [-0.15, -0.1) is 11.8 Å². The summed E-state index contributed by atoms with van der Waals surface area (Å²) in [6.45, 7) is 4.11. The van der Waals surface area contributed by atoms with Crippen LogP contribution in [0.4, 0.5) is 11.4 Å². The average Bonchev–Trinajstić information content (AvgIpc) is 2.89. The zero-order valence-corrected chi connectivity index (χ0v) is 22.8. The summed E-state index contributed by atoms with van der Waals surface area (Å²) in [4.78, 5) is 11.6. The van der Waals surface area contributed by atoms with Crippen LogP contribution in [0.1, 0.15) is 19.4 Å². The van der Waals surface area contributed by atoms with Crippen LogP contribution >= 0.6 is 11.8 Å². The van der Waals surface area contributed by atoms with E-state index < -0.39 is 26.0 Å². The molecule has 1 aliphatic rings. The van der Waals surface area contributed by atoms with Crippen molar-refractivity contribution in [2.75, 3.05) is 32.2 Å². The highest BCUT2D eigenvalue weighted by Crippen LogP contribution is 2.56. The molecule has 0 spiro atoms. The number of anilines is 1. The summed E-state index contributed by atoms with van der Waals surface area (Å²) in [5.41, 5.74) is -0.166. The molecule has 1 heterocycles. The molecule has 0 bridgehead atoms. The van der Waals surface area contributed by atoms with Gasteiger partial charge in [0.05, 0.1) is 31.9 Å². The van der Waals surface area contributed by atoms with E-state index in [2.05, 4.69) is 0 Å². The molecule has 196 valence electrons. The standard InChI is InChI=1S/C26H28N2O7S2/c1-26(2)22(36-17-11-7-6-8-12-17)16-27(37(31,32)21-14-10-9-13-18(21)28(29)30)19-15-20(33-3)24(34-4)25(35-5)23(19)26/h6-15,22H,16H2,1-5H3. The molecule has 0 amide bonds. The number of para-hydroxylation sites is 1. The highest BCUT2D eigenvalue weighted by Gasteiger charge is 2.48. The molecular weight excluding hydrogens is 516 g/mol. The van der Waals surface area contributed by atoms with Gasteiger partial charge in [-0.25, -0.2) is 8.42 Å². The Balaban J connectivity index is 2.01. The van der Waals surface area contributed by atoms with Gasteiger partial charge in [-0.1, -0.05) is 44.2 Å². The van der Waals surface area contributed by atoms with Gasteiger partial charge >= 0.3 is 0 Å². The zero-order valence-electron chi connectivity index (χ0n) is 21.1. The number of hydrogen-bond acceptors (Lipinski definition) is 8. The zero-order chi connectivity index (χ0) is 27.0. The van der Waals surface area contributed by atoms with E-state index in [0.29, 0.717) is 22.7 Å². The van der Waals surface area contributed by atoms with Crippen LogP contribution in [0.2, 0.25) is 0 Å². The van der Waals surface area contributed by atoms with Crippen LogP contribution < -0.4 is 18.5 Å². The van der Waals surface area contributed by atoms with Crippen molar-refractivity contribution in [2.45, 2.75) is 34.3 Å². The molecule has 0 saturated carbocycles. The lowest BCUT2D eigenvalue weighted by Crippen LogP contribution is -2.49. The maximum absolute atomic E-state index is 14.1. The number of benzene rings is 3. The first kappa shape index (κ1) is 26.6. The lowest BCUT2D eigenvalue weighted by atomic mass is 9.77. The minimum atomic E-state index is -4.37. The second-order valence-electron chi connectivity index (χ2n) is 8.94. The van der Waals surface area contributed by atoms with E-state index in [1.807, 2.05) is 44.2 Å². The van der Waals surface area contributed by atoms with Gasteiger partial charge in [0.25, 0.3) is 15.7 Å². The molecule has 0 saturated heterocycles. The predicted molar refractivity (Wildman–Crippen MR) is 143 cm³/mol. The number of ether oxygens (including phenoxy) is 3. The van der Waals surface area contributed by atoms with E-state index in [0.717, 1.165) is 4.90 Å². The number of methoxy groups -OCH3 is 3. The summed E-state index contributed by atoms with van der Waals surface area (Å²) in [7, 11) is 0.0567. The van der Waals surface area contributed by atoms with Gasteiger partial charge < -0.3 is 14.2 Å². The van der Waals surface area contributed by atoms with Crippen molar-refractivity contribution in [1.29, 1.82) is 0 Å². The molecule has 9 nitrogen and oxygen atoms in total. The van der Waals surface area contributed by atoms with E-state index in [1.165, 1.54) is 61.7 Å². The molecule has 1 unspecified atom stereocenters. The van der Waals surface area contributed by atoms with Crippen LogP contribution in [0, 0.1) is 10.1 Å².